The van der Waals surface area contributed by atoms with E-state index in [2.05, 4.69) is 28.2 Å². The van der Waals surface area contributed by atoms with Crippen molar-refractivity contribution < 1.29 is 13.9 Å². The molecule has 1 N–H and O–H groups in total. The first-order chi connectivity index (χ1) is 10.0. The summed E-state index contributed by atoms with van der Waals surface area (Å²) in [5, 5.41) is 3.70. The van der Waals surface area contributed by atoms with Crippen molar-refractivity contribution >= 4 is 21.8 Å². The number of rotatable bonds is 4. The summed E-state index contributed by atoms with van der Waals surface area (Å²) in [6.45, 7) is 2.22. The van der Waals surface area contributed by atoms with Crippen LogP contribution >= 0.6 is 15.9 Å². The van der Waals surface area contributed by atoms with E-state index >= 15 is 0 Å². The summed E-state index contributed by atoms with van der Waals surface area (Å²) in [6, 6.07) is 4.41. The van der Waals surface area contributed by atoms with Crippen LogP contribution in [-0.4, -0.2) is 23.9 Å². The number of ether oxygens (including phenoxy) is 1. The number of methoxy groups -OCH3 is 1. The van der Waals surface area contributed by atoms with Gasteiger partial charge in [-0.25, -0.2) is 4.39 Å². The van der Waals surface area contributed by atoms with Gasteiger partial charge in [0.2, 0.25) is 0 Å². The lowest BCUT2D eigenvalue weighted by Gasteiger charge is -2.39. The Labute approximate surface area is 133 Å². The smallest absolute Gasteiger partial charge is 0.258 e. The van der Waals surface area contributed by atoms with Crippen LogP contribution in [0.25, 0.3) is 0 Å². The lowest BCUT2D eigenvalue weighted by molar-refractivity contribution is 0.0867. The molecule has 21 heavy (non-hydrogen) atoms. The molecule has 3 nitrogen and oxygen atoms in total. The summed E-state index contributed by atoms with van der Waals surface area (Å²) >= 11 is 3.50. The number of alkyl halides is 1. The predicted molar refractivity (Wildman–Crippen MR) is 84.6 cm³/mol. The molecule has 0 unspecified atom stereocenters. The zero-order chi connectivity index (χ0) is 15.5. The molecule has 0 saturated heterocycles. The van der Waals surface area contributed by atoms with Gasteiger partial charge in [-0.2, -0.15) is 0 Å². The maximum Gasteiger partial charge on any atom is 0.258 e. The van der Waals surface area contributed by atoms with Gasteiger partial charge in [0.1, 0.15) is 17.1 Å². The first-order valence-electron chi connectivity index (χ1n) is 7.22. The molecule has 1 aromatic rings. The number of carbonyl (C=O) groups is 1. The van der Waals surface area contributed by atoms with E-state index in [-0.39, 0.29) is 16.9 Å². The van der Waals surface area contributed by atoms with E-state index < -0.39 is 11.7 Å². The van der Waals surface area contributed by atoms with E-state index in [4.69, 9.17) is 4.74 Å². The zero-order valence-electron chi connectivity index (χ0n) is 12.4. The van der Waals surface area contributed by atoms with Gasteiger partial charge in [0.05, 0.1) is 12.6 Å². The quantitative estimate of drug-likeness (QED) is 0.829. The van der Waals surface area contributed by atoms with E-state index in [1.807, 2.05) is 0 Å². The van der Waals surface area contributed by atoms with Crippen LogP contribution in [0.15, 0.2) is 18.2 Å². The van der Waals surface area contributed by atoms with Crippen LogP contribution in [0, 0.1) is 11.7 Å². The molecule has 1 aliphatic carbocycles. The van der Waals surface area contributed by atoms with Gasteiger partial charge < -0.3 is 10.1 Å². The van der Waals surface area contributed by atoms with Crippen molar-refractivity contribution in [3.05, 3.63) is 29.6 Å². The van der Waals surface area contributed by atoms with Crippen molar-refractivity contribution in [3.63, 3.8) is 0 Å². The number of halogens is 2. The van der Waals surface area contributed by atoms with Gasteiger partial charge in [-0.3, -0.25) is 4.79 Å². The molecule has 1 amide bonds. The SMILES string of the molecule is COc1cccc(F)c1C(=O)NC1(CBr)CCC(C)CC1. The van der Waals surface area contributed by atoms with Gasteiger partial charge in [-0.05, 0) is 43.7 Å². The summed E-state index contributed by atoms with van der Waals surface area (Å²) < 4.78 is 19.1. The predicted octanol–water partition coefficient (Wildman–Crippen LogP) is 3.91. The monoisotopic (exact) mass is 357 g/mol. The summed E-state index contributed by atoms with van der Waals surface area (Å²) in [5.74, 6) is -0.0156. The molecule has 0 bridgehead atoms. The van der Waals surface area contributed by atoms with Crippen LogP contribution in [0.5, 0.6) is 5.75 Å². The van der Waals surface area contributed by atoms with Crippen molar-refractivity contribution in [3.8, 4) is 5.75 Å². The first kappa shape index (κ1) is 16.3. The van der Waals surface area contributed by atoms with Gasteiger partial charge in [-0.1, -0.05) is 28.9 Å². The van der Waals surface area contributed by atoms with Gasteiger partial charge >= 0.3 is 0 Å². The molecule has 1 aliphatic rings. The molecule has 1 aromatic carbocycles. The maximum atomic E-state index is 14.0. The Kier molecular flexibility index (Phi) is 5.25. The van der Waals surface area contributed by atoms with Gasteiger partial charge in [0, 0.05) is 5.33 Å². The van der Waals surface area contributed by atoms with Crippen LogP contribution in [0.2, 0.25) is 0 Å². The minimum Gasteiger partial charge on any atom is -0.496 e. The standard InChI is InChI=1S/C16H21BrFNO2/c1-11-6-8-16(10-17,9-7-11)19-15(20)14-12(18)4-3-5-13(14)21-2/h3-5,11H,6-10H2,1-2H3,(H,19,20). The van der Waals surface area contributed by atoms with E-state index in [1.54, 1.807) is 6.07 Å². The van der Waals surface area contributed by atoms with E-state index in [0.29, 0.717) is 11.2 Å². The van der Waals surface area contributed by atoms with Gasteiger partial charge in [0.25, 0.3) is 5.91 Å². The average Bonchev–Trinajstić information content (AvgIpc) is 2.49. The molecule has 0 atom stereocenters. The van der Waals surface area contributed by atoms with Crippen molar-refractivity contribution in [2.45, 2.75) is 38.1 Å². The maximum absolute atomic E-state index is 14.0. The van der Waals surface area contributed by atoms with Crippen LogP contribution in [0.1, 0.15) is 43.0 Å². The average molecular weight is 358 g/mol. The minimum absolute atomic E-state index is 0.0149. The molecule has 1 saturated carbocycles. The largest absolute Gasteiger partial charge is 0.496 e. The Hall–Kier alpha value is -1.10. The third kappa shape index (κ3) is 3.57. The molecule has 116 valence electrons. The second-order valence-corrected chi connectivity index (χ2v) is 6.43. The van der Waals surface area contributed by atoms with Crippen molar-refractivity contribution in [2.24, 2.45) is 5.92 Å². The molecule has 2 rings (SSSR count). The number of carbonyl (C=O) groups excluding carboxylic acids is 1. The molecule has 0 heterocycles. The number of amides is 1. The highest BCUT2D eigenvalue weighted by Crippen LogP contribution is 2.34. The second kappa shape index (κ2) is 6.77. The third-order valence-corrected chi connectivity index (χ3v) is 5.36. The summed E-state index contributed by atoms with van der Waals surface area (Å²) in [5.41, 5.74) is -0.310. The Morgan fingerprint density at radius 2 is 2.14 bits per heavy atom. The topological polar surface area (TPSA) is 38.3 Å². The van der Waals surface area contributed by atoms with E-state index in [9.17, 15) is 9.18 Å². The number of nitrogens with one attached hydrogen (secondary N) is 1. The lowest BCUT2D eigenvalue weighted by atomic mass is 9.78. The first-order valence-corrected chi connectivity index (χ1v) is 8.34. The minimum atomic E-state index is -0.555. The van der Waals surface area contributed by atoms with E-state index in [0.717, 1.165) is 25.7 Å². The Morgan fingerprint density at radius 3 is 2.71 bits per heavy atom. The van der Waals surface area contributed by atoms with E-state index in [1.165, 1.54) is 19.2 Å². The van der Waals surface area contributed by atoms with Crippen LogP contribution < -0.4 is 10.1 Å². The molecular formula is C16H21BrFNO2. The normalized spacial score (nSPS) is 25.4. The molecule has 0 aromatic heterocycles. The van der Waals surface area contributed by atoms with Crippen LogP contribution in [0.4, 0.5) is 4.39 Å². The molecule has 5 heteroatoms. The van der Waals surface area contributed by atoms with Crippen LogP contribution in [0.3, 0.4) is 0 Å². The molecule has 0 radical (unpaired) electrons. The van der Waals surface area contributed by atoms with Gasteiger partial charge in [-0.15, -0.1) is 0 Å². The fraction of sp³-hybridized carbons (Fsp3) is 0.562. The van der Waals surface area contributed by atoms with Crippen molar-refractivity contribution in [1.82, 2.24) is 5.32 Å². The highest BCUT2D eigenvalue weighted by atomic mass is 79.9. The summed E-state index contributed by atoms with van der Waals surface area (Å²) in [6.07, 6.45) is 3.95. The summed E-state index contributed by atoms with van der Waals surface area (Å²) in [7, 11) is 1.44. The fourth-order valence-corrected chi connectivity index (χ4v) is 3.51. The number of hydrogen-bond donors (Lipinski definition) is 1. The molecule has 0 spiro atoms. The Morgan fingerprint density at radius 1 is 1.48 bits per heavy atom. The molecular weight excluding hydrogens is 337 g/mol. The number of hydrogen-bond acceptors (Lipinski definition) is 2. The Balaban J connectivity index is 2.21. The second-order valence-electron chi connectivity index (χ2n) is 5.87. The lowest BCUT2D eigenvalue weighted by Crippen LogP contribution is -2.52. The highest BCUT2D eigenvalue weighted by Gasteiger charge is 2.35. The summed E-state index contributed by atoms with van der Waals surface area (Å²) in [4.78, 5) is 12.5. The van der Waals surface area contributed by atoms with Crippen molar-refractivity contribution in [2.75, 3.05) is 12.4 Å². The van der Waals surface area contributed by atoms with Crippen molar-refractivity contribution in [1.29, 1.82) is 0 Å². The molecule has 0 aliphatic heterocycles. The van der Waals surface area contributed by atoms with Crippen LogP contribution in [-0.2, 0) is 0 Å². The van der Waals surface area contributed by atoms with Gasteiger partial charge in [0.15, 0.2) is 0 Å². The zero-order valence-corrected chi connectivity index (χ0v) is 14.0. The molecule has 1 fully saturated rings. The third-order valence-electron chi connectivity index (χ3n) is 4.29. The highest BCUT2D eigenvalue weighted by molar-refractivity contribution is 9.09. The fourth-order valence-electron chi connectivity index (χ4n) is 2.80. The Bertz CT molecular complexity index is 513. The number of benzene rings is 1.